The van der Waals surface area contributed by atoms with Gasteiger partial charge in [-0.15, -0.1) is 0 Å². The number of carbonyl (C=O) groups excluding carboxylic acids is 2. The van der Waals surface area contributed by atoms with Crippen LogP contribution in [0.15, 0.2) is 53.4 Å². The zero-order chi connectivity index (χ0) is 20.0. The Kier molecular flexibility index (Phi) is 6.83. The molecule has 27 heavy (non-hydrogen) atoms. The largest absolute Gasteiger partial charge is 0.449 e. The third-order valence-corrected chi connectivity index (χ3v) is 4.04. The lowest BCUT2D eigenvalue weighted by Gasteiger charge is -2.14. The molecule has 0 radical (unpaired) electrons. The van der Waals surface area contributed by atoms with Gasteiger partial charge in [-0.2, -0.15) is 8.78 Å². The van der Waals surface area contributed by atoms with Gasteiger partial charge in [-0.25, -0.2) is 4.79 Å². The highest BCUT2D eigenvalue weighted by molar-refractivity contribution is 7.99. The van der Waals surface area contributed by atoms with Crippen LogP contribution in [0.25, 0.3) is 0 Å². The van der Waals surface area contributed by atoms with Gasteiger partial charge in [0, 0.05) is 16.6 Å². The Balaban J connectivity index is 1.99. The molecule has 0 fully saturated rings. The van der Waals surface area contributed by atoms with Gasteiger partial charge in [0.15, 0.2) is 6.10 Å². The SMILES string of the molecule is CC(OC(=O)c1ccccc1[N+](=O)[O-])C(=O)Nc1ccc(SC(F)F)cc1. The first-order valence-corrected chi connectivity index (χ1v) is 8.46. The van der Waals surface area contributed by atoms with E-state index in [0.717, 1.165) is 6.07 Å². The van der Waals surface area contributed by atoms with Gasteiger partial charge in [0.1, 0.15) is 5.56 Å². The molecule has 1 atom stereocenters. The Labute approximate surface area is 156 Å². The van der Waals surface area contributed by atoms with Crippen molar-refractivity contribution < 1.29 is 28.0 Å². The van der Waals surface area contributed by atoms with E-state index < -0.39 is 34.3 Å². The first-order chi connectivity index (χ1) is 12.8. The van der Waals surface area contributed by atoms with E-state index in [0.29, 0.717) is 22.3 Å². The Hall–Kier alpha value is -3.01. The molecule has 1 unspecified atom stereocenters. The topological polar surface area (TPSA) is 98.5 Å². The number of ether oxygens (including phenoxy) is 1. The van der Waals surface area contributed by atoms with E-state index in [2.05, 4.69) is 5.32 Å². The lowest BCUT2D eigenvalue weighted by atomic mass is 10.2. The molecule has 142 valence electrons. The van der Waals surface area contributed by atoms with Crippen LogP contribution >= 0.6 is 11.8 Å². The first-order valence-electron chi connectivity index (χ1n) is 7.58. The summed E-state index contributed by atoms with van der Waals surface area (Å²) in [6, 6.07) is 10.9. The molecule has 1 N–H and O–H groups in total. The predicted octanol–water partition coefficient (Wildman–Crippen LogP) is 4.09. The number of nitrogens with zero attached hydrogens (tertiary/aromatic N) is 1. The quantitative estimate of drug-likeness (QED) is 0.328. The maximum atomic E-state index is 12.3. The molecule has 0 bridgehead atoms. The number of thioether (sulfide) groups is 1. The van der Waals surface area contributed by atoms with Gasteiger partial charge < -0.3 is 10.1 Å². The van der Waals surface area contributed by atoms with Gasteiger partial charge in [-0.05, 0) is 37.3 Å². The summed E-state index contributed by atoms with van der Waals surface area (Å²) >= 11 is 0.372. The molecule has 7 nitrogen and oxygen atoms in total. The van der Waals surface area contributed by atoms with Gasteiger partial charge in [0.25, 0.3) is 17.4 Å². The molecular formula is C17H14F2N2O5S. The van der Waals surface area contributed by atoms with Crippen molar-refractivity contribution in [3.05, 3.63) is 64.2 Å². The minimum atomic E-state index is -2.55. The smallest absolute Gasteiger partial charge is 0.345 e. The molecule has 2 rings (SSSR count). The van der Waals surface area contributed by atoms with Gasteiger partial charge in [-0.3, -0.25) is 14.9 Å². The highest BCUT2D eigenvalue weighted by Crippen LogP contribution is 2.26. The number of amides is 1. The number of rotatable bonds is 7. The van der Waals surface area contributed by atoms with Crippen molar-refractivity contribution in [2.75, 3.05) is 5.32 Å². The lowest BCUT2D eigenvalue weighted by molar-refractivity contribution is -0.385. The Morgan fingerprint density at radius 3 is 2.37 bits per heavy atom. The maximum absolute atomic E-state index is 12.3. The van der Waals surface area contributed by atoms with E-state index in [9.17, 15) is 28.5 Å². The van der Waals surface area contributed by atoms with Crippen LogP contribution < -0.4 is 5.32 Å². The van der Waals surface area contributed by atoms with Crippen molar-refractivity contribution in [1.29, 1.82) is 0 Å². The molecule has 0 aliphatic heterocycles. The fraction of sp³-hybridized carbons (Fsp3) is 0.176. The van der Waals surface area contributed by atoms with Gasteiger partial charge in [-0.1, -0.05) is 23.9 Å². The number of nitrogens with one attached hydrogen (secondary N) is 1. The number of para-hydroxylation sites is 1. The molecule has 1 amide bonds. The van der Waals surface area contributed by atoms with Crippen LogP contribution in [-0.4, -0.2) is 28.7 Å². The van der Waals surface area contributed by atoms with E-state index in [-0.39, 0.29) is 5.56 Å². The number of alkyl halides is 2. The Morgan fingerprint density at radius 2 is 1.78 bits per heavy atom. The van der Waals surface area contributed by atoms with Crippen LogP contribution in [0.3, 0.4) is 0 Å². The summed E-state index contributed by atoms with van der Waals surface area (Å²) in [6.45, 7) is 1.31. The second kappa shape index (κ2) is 9.08. The summed E-state index contributed by atoms with van der Waals surface area (Å²) in [5.41, 5.74) is -0.370. The highest BCUT2D eigenvalue weighted by atomic mass is 32.2. The van der Waals surface area contributed by atoms with Crippen LogP contribution in [0, 0.1) is 10.1 Å². The number of anilines is 1. The summed E-state index contributed by atoms with van der Waals surface area (Å²) in [4.78, 5) is 34.8. The summed E-state index contributed by atoms with van der Waals surface area (Å²) < 4.78 is 29.5. The molecule has 2 aromatic rings. The number of halogens is 2. The molecule has 0 aliphatic carbocycles. The van der Waals surface area contributed by atoms with Gasteiger partial charge in [0.2, 0.25) is 0 Å². The minimum Gasteiger partial charge on any atom is -0.449 e. The molecule has 0 heterocycles. The zero-order valence-corrected chi connectivity index (χ0v) is 14.7. The maximum Gasteiger partial charge on any atom is 0.345 e. The van der Waals surface area contributed by atoms with Crippen molar-refractivity contribution >= 4 is 35.0 Å². The molecule has 0 aromatic heterocycles. The number of esters is 1. The summed E-state index contributed by atoms with van der Waals surface area (Å²) in [5, 5.41) is 13.4. The molecule has 0 saturated heterocycles. The molecule has 0 aliphatic rings. The second-order valence-corrected chi connectivity index (χ2v) is 6.28. The van der Waals surface area contributed by atoms with Crippen LogP contribution in [0.2, 0.25) is 0 Å². The molecular weight excluding hydrogens is 382 g/mol. The monoisotopic (exact) mass is 396 g/mol. The zero-order valence-electron chi connectivity index (χ0n) is 13.9. The van der Waals surface area contributed by atoms with Crippen LogP contribution in [0.5, 0.6) is 0 Å². The average Bonchev–Trinajstić information content (AvgIpc) is 2.62. The number of benzene rings is 2. The first kappa shape index (κ1) is 20.3. The standard InChI is InChI=1S/C17H14F2N2O5S/c1-10(26-16(23)13-4-2-3-5-14(13)21(24)25)15(22)20-11-6-8-12(9-7-11)27-17(18)19/h2-10,17H,1H3,(H,20,22). The highest BCUT2D eigenvalue weighted by Gasteiger charge is 2.25. The average molecular weight is 396 g/mol. The predicted molar refractivity (Wildman–Crippen MR) is 94.9 cm³/mol. The summed E-state index contributed by atoms with van der Waals surface area (Å²) in [5.74, 6) is -4.23. The summed E-state index contributed by atoms with van der Waals surface area (Å²) in [7, 11) is 0. The van der Waals surface area contributed by atoms with Gasteiger partial charge in [0.05, 0.1) is 4.92 Å². The third kappa shape index (κ3) is 5.74. The van der Waals surface area contributed by atoms with Crippen molar-refractivity contribution in [3.63, 3.8) is 0 Å². The van der Waals surface area contributed by atoms with Gasteiger partial charge >= 0.3 is 5.97 Å². The number of hydrogen-bond donors (Lipinski definition) is 1. The van der Waals surface area contributed by atoms with Crippen LogP contribution in [-0.2, 0) is 9.53 Å². The van der Waals surface area contributed by atoms with E-state index in [1.807, 2.05) is 0 Å². The van der Waals surface area contributed by atoms with E-state index in [1.165, 1.54) is 49.4 Å². The molecule has 0 spiro atoms. The fourth-order valence-electron chi connectivity index (χ4n) is 2.05. The lowest BCUT2D eigenvalue weighted by Crippen LogP contribution is -2.30. The molecule has 2 aromatic carbocycles. The summed E-state index contributed by atoms with van der Waals surface area (Å²) in [6.07, 6.45) is -1.23. The van der Waals surface area contributed by atoms with Crippen molar-refractivity contribution in [3.8, 4) is 0 Å². The van der Waals surface area contributed by atoms with E-state index >= 15 is 0 Å². The normalized spacial score (nSPS) is 11.7. The van der Waals surface area contributed by atoms with Crippen molar-refractivity contribution in [2.24, 2.45) is 0 Å². The van der Waals surface area contributed by atoms with E-state index in [4.69, 9.17) is 4.74 Å². The van der Waals surface area contributed by atoms with Crippen molar-refractivity contribution in [2.45, 2.75) is 23.7 Å². The van der Waals surface area contributed by atoms with E-state index in [1.54, 1.807) is 0 Å². The molecule has 0 saturated carbocycles. The number of hydrogen-bond acceptors (Lipinski definition) is 6. The van der Waals surface area contributed by atoms with Crippen LogP contribution in [0.4, 0.5) is 20.2 Å². The fourth-order valence-corrected chi connectivity index (χ4v) is 2.55. The minimum absolute atomic E-state index is 0.268. The Bertz CT molecular complexity index is 845. The third-order valence-electron chi connectivity index (χ3n) is 3.32. The van der Waals surface area contributed by atoms with Crippen LogP contribution in [0.1, 0.15) is 17.3 Å². The number of nitro benzene ring substituents is 1. The number of carbonyl (C=O) groups is 2. The molecule has 10 heteroatoms. The van der Waals surface area contributed by atoms with Crippen molar-refractivity contribution in [1.82, 2.24) is 0 Å². The second-order valence-electron chi connectivity index (χ2n) is 5.21. The number of nitro groups is 1. The Morgan fingerprint density at radius 1 is 1.15 bits per heavy atom.